The number of aliphatic hydroxyl groups excluding tert-OH is 1. The van der Waals surface area contributed by atoms with Gasteiger partial charge in [0, 0.05) is 5.41 Å². The van der Waals surface area contributed by atoms with Crippen LogP contribution in [0.5, 0.6) is 0 Å². The van der Waals surface area contributed by atoms with Gasteiger partial charge in [0.1, 0.15) is 0 Å². The van der Waals surface area contributed by atoms with Gasteiger partial charge in [-0.05, 0) is 42.6 Å². The fourth-order valence-corrected chi connectivity index (χ4v) is 4.55. The molecule has 1 heteroatoms. The highest BCUT2D eigenvalue weighted by molar-refractivity contribution is 5.31. The first-order chi connectivity index (χ1) is 8.14. The van der Waals surface area contributed by atoms with Crippen molar-refractivity contribution in [3.63, 3.8) is 0 Å². The summed E-state index contributed by atoms with van der Waals surface area (Å²) in [4.78, 5) is 0. The zero-order valence-electron chi connectivity index (χ0n) is 10.8. The molecule has 0 aromatic heterocycles. The van der Waals surface area contributed by atoms with E-state index in [9.17, 15) is 5.11 Å². The first-order valence-corrected chi connectivity index (χ1v) is 6.88. The lowest BCUT2D eigenvalue weighted by Gasteiger charge is -2.44. The van der Waals surface area contributed by atoms with Crippen LogP contribution in [0.4, 0.5) is 0 Å². The molecule has 2 bridgehead atoms. The number of rotatable bonds is 2. The summed E-state index contributed by atoms with van der Waals surface area (Å²) >= 11 is 0. The van der Waals surface area contributed by atoms with Crippen molar-refractivity contribution in [3.8, 4) is 0 Å². The zero-order chi connectivity index (χ0) is 12.0. The molecule has 1 aromatic rings. The van der Waals surface area contributed by atoms with Crippen molar-refractivity contribution in [3.05, 3.63) is 35.9 Å². The van der Waals surface area contributed by atoms with Crippen LogP contribution in [0.1, 0.15) is 38.7 Å². The standard InChI is InChI=1S/C16H22O/c1-11(2)16(13-6-4-3-5-7-13)10-12-8-14(16)15(17)9-12/h3-7,11-12,14-15,17H,8-10H2,1-2H3. The van der Waals surface area contributed by atoms with Gasteiger partial charge < -0.3 is 5.11 Å². The molecule has 2 aliphatic carbocycles. The van der Waals surface area contributed by atoms with Crippen LogP contribution >= 0.6 is 0 Å². The second kappa shape index (κ2) is 3.84. The average Bonchev–Trinajstić information content (AvgIpc) is 2.87. The Morgan fingerprint density at radius 2 is 1.88 bits per heavy atom. The fraction of sp³-hybridized carbons (Fsp3) is 0.625. The van der Waals surface area contributed by atoms with Gasteiger partial charge in [0.2, 0.25) is 0 Å². The van der Waals surface area contributed by atoms with Crippen LogP contribution in [0.15, 0.2) is 30.3 Å². The maximum absolute atomic E-state index is 10.3. The molecule has 0 spiro atoms. The van der Waals surface area contributed by atoms with E-state index < -0.39 is 0 Å². The summed E-state index contributed by atoms with van der Waals surface area (Å²) in [5.41, 5.74) is 1.67. The molecule has 2 fully saturated rings. The molecule has 0 radical (unpaired) electrons. The van der Waals surface area contributed by atoms with E-state index in [2.05, 4.69) is 44.2 Å². The highest BCUT2D eigenvalue weighted by Gasteiger charge is 2.57. The maximum Gasteiger partial charge on any atom is 0.0579 e. The van der Waals surface area contributed by atoms with Gasteiger partial charge in [0.05, 0.1) is 6.10 Å². The Hall–Kier alpha value is -0.820. The van der Waals surface area contributed by atoms with Crippen LogP contribution in [0.25, 0.3) is 0 Å². The third-order valence-corrected chi connectivity index (χ3v) is 5.26. The fourth-order valence-electron chi connectivity index (χ4n) is 4.55. The molecule has 1 nitrogen and oxygen atoms in total. The van der Waals surface area contributed by atoms with Crippen molar-refractivity contribution < 1.29 is 5.11 Å². The van der Waals surface area contributed by atoms with Gasteiger partial charge in [-0.15, -0.1) is 0 Å². The minimum atomic E-state index is -0.0728. The molecular weight excluding hydrogens is 208 g/mol. The summed E-state index contributed by atoms with van der Waals surface area (Å²) in [7, 11) is 0. The van der Waals surface area contributed by atoms with Gasteiger partial charge in [0.25, 0.3) is 0 Å². The molecule has 0 aliphatic heterocycles. The maximum atomic E-state index is 10.3. The summed E-state index contributed by atoms with van der Waals surface area (Å²) in [6.07, 6.45) is 3.47. The van der Waals surface area contributed by atoms with Crippen LogP contribution in [0.2, 0.25) is 0 Å². The van der Waals surface area contributed by atoms with Crippen molar-refractivity contribution in [1.82, 2.24) is 0 Å². The molecule has 4 atom stereocenters. The quantitative estimate of drug-likeness (QED) is 0.826. The predicted octanol–water partition coefficient (Wildman–Crippen LogP) is 3.37. The first-order valence-electron chi connectivity index (χ1n) is 6.88. The molecule has 0 saturated heterocycles. The average molecular weight is 230 g/mol. The third kappa shape index (κ3) is 1.48. The van der Waals surface area contributed by atoms with Gasteiger partial charge in [-0.3, -0.25) is 0 Å². The Bertz CT molecular complexity index is 397. The largest absolute Gasteiger partial charge is 0.393 e. The monoisotopic (exact) mass is 230 g/mol. The van der Waals surface area contributed by atoms with E-state index in [1.165, 1.54) is 18.4 Å². The number of hydrogen-bond acceptors (Lipinski definition) is 1. The number of fused-ring (bicyclic) bond motifs is 2. The normalized spacial score (nSPS) is 40.1. The van der Waals surface area contributed by atoms with Crippen LogP contribution < -0.4 is 0 Å². The molecule has 2 saturated carbocycles. The van der Waals surface area contributed by atoms with Crippen molar-refractivity contribution in [2.75, 3.05) is 0 Å². The van der Waals surface area contributed by atoms with Crippen LogP contribution in [0.3, 0.4) is 0 Å². The van der Waals surface area contributed by atoms with E-state index in [1.54, 1.807) is 0 Å². The van der Waals surface area contributed by atoms with E-state index >= 15 is 0 Å². The lowest BCUT2D eigenvalue weighted by molar-refractivity contribution is 0.0418. The smallest absolute Gasteiger partial charge is 0.0579 e. The Morgan fingerprint density at radius 3 is 2.41 bits per heavy atom. The second-order valence-electron chi connectivity index (χ2n) is 6.28. The van der Waals surface area contributed by atoms with Gasteiger partial charge in [0.15, 0.2) is 0 Å². The highest BCUT2D eigenvalue weighted by atomic mass is 16.3. The summed E-state index contributed by atoms with van der Waals surface area (Å²) < 4.78 is 0. The van der Waals surface area contributed by atoms with Crippen LogP contribution in [-0.2, 0) is 5.41 Å². The molecule has 2 aliphatic rings. The van der Waals surface area contributed by atoms with Crippen LogP contribution in [0, 0.1) is 17.8 Å². The van der Waals surface area contributed by atoms with E-state index in [0.29, 0.717) is 11.8 Å². The molecular formula is C16H22O. The molecule has 3 rings (SSSR count). The number of benzene rings is 1. The van der Waals surface area contributed by atoms with Crippen LogP contribution in [-0.4, -0.2) is 11.2 Å². The Balaban J connectivity index is 2.07. The summed E-state index contributed by atoms with van der Waals surface area (Å²) in [5.74, 6) is 1.84. The van der Waals surface area contributed by atoms with Gasteiger partial charge in [-0.2, -0.15) is 0 Å². The minimum absolute atomic E-state index is 0.0728. The molecule has 4 unspecified atom stereocenters. The van der Waals surface area contributed by atoms with Gasteiger partial charge in [-0.1, -0.05) is 44.2 Å². The minimum Gasteiger partial charge on any atom is -0.393 e. The van der Waals surface area contributed by atoms with E-state index in [1.807, 2.05) is 0 Å². The third-order valence-electron chi connectivity index (χ3n) is 5.26. The number of hydrogen-bond donors (Lipinski definition) is 1. The highest BCUT2D eigenvalue weighted by Crippen LogP contribution is 2.60. The Kier molecular flexibility index (Phi) is 2.55. The Morgan fingerprint density at radius 1 is 1.18 bits per heavy atom. The SMILES string of the molecule is CC(C)C1(c2ccccc2)CC2CC(O)C1C2. The zero-order valence-corrected chi connectivity index (χ0v) is 10.8. The molecule has 0 amide bonds. The number of aliphatic hydroxyl groups is 1. The molecule has 1 N–H and O–H groups in total. The van der Waals surface area contributed by atoms with E-state index in [0.717, 1.165) is 12.3 Å². The molecule has 17 heavy (non-hydrogen) atoms. The molecule has 0 heterocycles. The summed E-state index contributed by atoms with van der Waals surface area (Å²) in [5, 5.41) is 10.3. The van der Waals surface area contributed by atoms with Gasteiger partial charge in [-0.25, -0.2) is 0 Å². The predicted molar refractivity (Wildman–Crippen MR) is 69.8 cm³/mol. The van der Waals surface area contributed by atoms with Crippen molar-refractivity contribution in [1.29, 1.82) is 0 Å². The van der Waals surface area contributed by atoms with Gasteiger partial charge >= 0.3 is 0 Å². The molecule has 1 aromatic carbocycles. The van der Waals surface area contributed by atoms with E-state index in [4.69, 9.17) is 0 Å². The van der Waals surface area contributed by atoms with Crippen molar-refractivity contribution >= 4 is 0 Å². The van der Waals surface area contributed by atoms with Crippen molar-refractivity contribution in [2.24, 2.45) is 17.8 Å². The topological polar surface area (TPSA) is 20.2 Å². The molecule has 92 valence electrons. The van der Waals surface area contributed by atoms with E-state index in [-0.39, 0.29) is 11.5 Å². The lowest BCUT2D eigenvalue weighted by atomic mass is 9.61. The lowest BCUT2D eigenvalue weighted by Crippen LogP contribution is -2.43. The van der Waals surface area contributed by atoms with Crippen molar-refractivity contribution in [2.45, 2.75) is 44.6 Å². The first kappa shape index (κ1) is 11.3. The second-order valence-corrected chi connectivity index (χ2v) is 6.28. The summed E-state index contributed by atoms with van der Waals surface area (Å²) in [6.45, 7) is 4.64. The Labute approximate surface area is 104 Å². The summed E-state index contributed by atoms with van der Waals surface area (Å²) in [6, 6.07) is 10.9.